The second-order valence-electron chi connectivity index (χ2n) is 3.79. The fourth-order valence-electron chi connectivity index (χ4n) is 1.58. The third kappa shape index (κ3) is 3.48. The van der Waals surface area contributed by atoms with E-state index >= 15 is 0 Å². The van der Waals surface area contributed by atoms with Gasteiger partial charge in [-0.05, 0) is 19.1 Å². The smallest absolute Gasteiger partial charge is 0.151 e. The van der Waals surface area contributed by atoms with Gasteiger partial charge in [-0.2, -0.15) is 0 Å². The summed E-state index contributed by atoms with van der Waals surface area (Å²) < 4.78 is 5.17. The lowest BCUT2D eigenvalue weighted by Gasteiger charge is -2.09. The third-order valence-electron chi connectivity index (χ3n) is 2.42. The van der Waals surface area contributed by atoms with Gasteiger partial charge >= 0.3 is 0 Å². The summed E-state index contributed by atoms with van der Waals surface area (Å²) in [5.74, 6) is 2.00. The number of anilines is 3. The summed E-state index contributed by atoms with van der Waals surface area (Å²) in [5.41, 5.74) is 0.837. The van der Waals surface area contributed by atoms with Crippen molar-refractivity contribution in [2.24, 2.45) is 0 Å². The van der Waals surface area contributed by atoms with Crippen molar-refractivity contribution in [2.45, 2.75) is 6.92 Å². The average Bonchev–Trinajstić information content (AvgIpc) is 2.42. The molecule has 0 aliphatic heterocycles. The highest BCUT2D eigenvalue weighted by molar-refractivity contribution is 6.32. The van der Waals surface area contributed by atoms with E-state index in [1.807, 2.05) is 19.1 Å². The van der Waals surface area contributed by atoms with E-state index in [0.29, 0.717) is 16.6 Å². The van der Waals surface area contributed by atoms with Crippen LogP contribution in [0.2, 0.25) is 5.02 Å². The maximum absolute atomic E-state index is 5.98. The highest BCUT2D eigenvalue weighted by Crippen LogP contribution is 2.28. The SMILES string of the molecule is CCNc1cncc(Nc2ccc(Cl)c(OC)c2)n1. The lowest BCUT2D eigenvalue weighted by Crippen LogP contribution is -2.02. The first-order valence-electron chi connectivity index (χ1n) is 5.89. The summed E-state index contributed by atoms with van der Waals surface area (Å²) in [5, 5.41) is 6.83. The molecule has 0 bridgehead atoms. The molecule has 5 nitrogen and oxygen atoms in total. The van der Waals surface area contributed by atoms with Crippen LogP contribution in [0, 0.1) is 0 Å². The largest absolute Gasteiger partial charge is 0.495 e. The highest BCUT2D eigenvalue weighted by atomic mass is 35.5. The number of ether oxygens (including phenoxy) is 1. The first kappa shape index (κ1) is 13.4. The maximum Gasteiger partial charge on any atom is 0.151 e. The molecule has 1 aromatic heterocycles. The third-order valence-corrected chi connectivity index (χ3v) is 2.73. The normalized spacial score (nSPS) is 10.1. The molecule has 19 heavy (non-hydrogen) atoms. The van der Waals surface area contributed by atoms with Crippen molar-refractivity contribution in [1.82, 2.24) is 9.97 Å². The molecular formula is C13H15ClN4O. The van der Waals surface area contributed by atoms with Crippen molar-refractivity contribution in [3.63, 3.8) is 0 Å². The Morgan fingerprint density at radius 3 is 2.79 bits per heavy atom. The minimum absolute atomic E-state index is 0.570. The predicted octanol–water partition coefficient (Wildman–Crippen LogP) is 3.31. The number of halogens is 1. The zero-order valence-electron chi connectivity index (χ0n) is 10.8. The van der Waals surface area contributed by atoms with E-state index in [1.165, 1.54) is 0 Å². The summed E-state index contributed by atoms with van der Waals surface area (Å²) in [6.45, 7) is 2.80. The maximum atomic E-state index is 5.98. The molecule has 2 aromatic rings. The number of methoxy groups -OCH3 is 1. The summed E-state index contributed by atoms with van der Waals surface area (Å²) in [6, 6.07) is 5.43. The molecule has 0 aliphatic rings. The Balaban J connectivity index is 2.18. The molecule has 2 N–H and O–H groups in total. The minimum Gasteiger partial charge on any atom is -0.495 e. The van der Waals surface area contributed by atoms with Crippen LogP contribution < -0.4 is 15.4 Å². The molecule has 6 heteroatoms. The summed E-state index contributed by atoms with van der Waals surface area (Å²) in [6.07, 6.45) is 3.33. The van der Waals surface area contributed by atoms with Crippen LogP contribution in [0.25, 0.3) is 0 Å². The van der Waals surface area contributed by atoms with Gasteiger partial charge in [0.1, 0.15) is 11.6 Å². The zero-order valence-corrected chi connectivity index (χ0v) is 11.5. The predicted molar refractivity (Wildman–Crippen MR) is 77.5 cm³/mol. The van der Waals surface area contributed by atoms with Crippen molar-refractivity contribution >= 4 is 28.9 Å². The number of rotatable bonds is 5. The lowest BCUT2D eigenvalue weighted by molar-refractivity contribution is 0.415. The van der Waals surface area contributed by atoms with Crippen LogP contribution in [-0.4, -0.2) is 23.6 Å². The van der Waals surface area contributed by atoms with E-state index < -0.39 is 0 Å². The van der Waals surface area contributed by atoms with Crippen LogP contribution in [0.15, 0.2) is 30.6 Å². The Morgan fingerprint density at radius 1 is 1.26 bits per heavy atom. The molecule has 1 aromatic carbocycles. The molecule has 0 aliphatic carbocycles. The molecule has 0 unspecified atom stereocenters. The number of aromatic nitrogens is 2. The van der Waals surface area contributed by atoms with Gasteiger partial charge in [-0.1, -0.05) is 11.6 Å². The van der Waals surface area contributed by atoms with E-state index in [2.05, 4.69) is 20.6 Å². The Labute approximate surface area is 117 Å². The molecule has 0 saturated heterocycles. The van der Waals surface area contributed by atoms with E-state index in [4.69, 9.17) is 16.3 Å². The molecular weight excluding hydrogens is 264 g/mol. The number of hydrogen-bond donors (Lipinski definition) is 2. The van der Waals surface area contributed by atoms with Gasteiger partial charge in [0, 0.05) is 18.3 Å². The van der Waals surface area contributed by atoms with Gasteiger partial charge in [-0.15, -0.1) is 0 Å². The van der Waals surface area contributed by atoms with Crippen molar-refractivity contribution in [2.75, 3.05) is 24.3 Å². The van der Waals surface area contributed by atoms with Gasteiger partial charge in [0.05, 0.1) is 24.5 Å². The van der Waals surface area contributed by atoms with Crippen LogP contribution in [-0.2, 0) is 0 Å². The van der Waals surface area contributed by atoms with Crippen molar-refractivity contribution in [3.05, 3.63) is 35.6 Å². The van der Waals surface area contributed by atoms with E-state index in [0.717, 1.165) is 18.1 Å². The Bertz CT molecular complexity index is 562. The lowest BCUT2D eigenvalue weighted by atomic mass is 10.3. The molecule has 0 atom stereocenters. The molecule has 0 saturated carbocycles. The summed E-state index contributed by atoms with van der Waals surface area (Å²) >= 11 is 5.98. The summed E-state index contributed by atoms with van der Waals surface area (Å²) in [7, 11) is 1.58. The van der Waals surface area contributed by atoms with Crippen molar-refractivity contribution in [3.8, 4) is 5.75 Å². The number of benzene rings is 1. The number of nitrogens with zero attached hydrogens (tertiary/aromatic N) is 2. The van der Waals surface area contributed by atoms with E-state index in [1.54, 1.807) is 25.6 Å². The molecule has 1 heterocycles. The molecule has 0 radical (unpaired) electrons. The Hall–Kier alpha value is -2.01. The Kier molecular flexibility index (Phi) is 4.41. The molecule has 2 rings (SSSR count). The monoisotopic (exact) mass is 278 g/mol. The molecule has 0 fully saturated rings. The second-order valence-corrected chi connectivity index (χ2v) is 4.20. The Morgan fingerprint density at radius 2 is 2.05 bits per heavy atom. The van der Waals surface area contributed by atoms with Gasteiger partial charge < -0.3 is 15.4 Å². The number of hydrogen-bond acceptors (Lipinski definition) is 5. The van der Waals surface area contributed by atoms with Crippen LogP contribution in [0.3, 0.4) is 0 Å². The van der Waals surface area contributed by atoms with Crippen LogP contribution in [0.1, 0.15) is 6.92 Å². The van der Waals surface area contributed by atoms with E-state index in [9.17, 15) is 0 Å². The van der Waals surface area contributed by atoms with Crippen LogP contribution in [0.5, 0.6) is 5.75 Å². The molecule has 0 amide bonds. The number of nitrogens with one attached hydrogen (secondary N) is 2. The highest BCUT2D eigenvalue weighted by Gasteiger charge is 2.03. The average molecular weight is 279 g/mol. The standard InChI is InChI=1S/C13H15ClN4O/c1-3-16-12-7-15-8-13(18-12)17-9-4-5-10(14)11(6-9)19-2/h4-8H,3H2,1-2H3,(H2,16,17,18). The van der Waals surface area contributed by atoms with E-state index in [-0.39, 0.29) is 0 Å². The summed E-state index contributed by atoms with van der Waals surface area (Å²) in [4.78, 5) is 8.49. The quantitative estimate of drug-likeness (QED) is 0.879. The first-order chi connectivity index (χ1) is 9.22. The molecule has 100 valence electrons. The fourth-order valence-corrected chi connectivity index (χ4v) is 1.77. The molecule has 0 spiro atoms. The van der Waals surface area contributed by atoms with Gasteiger partial charge in [0.2, 0.25) is 0 Å². The zero-order chi connectivity index (χ0) is 13.7. The van der Waals surface area contributed by atoms with Crippen molar-refractivity contribution in [1.29, 1.82) is 0 Å². The minimum atomic E-state index is 0.570. The first-order valence-corrected chi connectivity index (χ1v) is 6.27. The van der Waals surface area contributed by atoms with Gasteiger partial charge in [0.25, 0.3) is 0 Å². The van der Waals surface area contributed by atoms with Crippen LogP contribution in [0.4, 0.5) is 17.3 Å². The second kappa shape index (κ2) is 6.24. The van der Waals surface area contributed by atoms with Crippen molar-refractivity contribution < 1.29 is 4.74 Å². The topological polar surface area (TPSA) is 59.1 Å². The van der Waals surface area contributed by atoms with Crippen LogP contribution >= 0.6 is 11.6 Å². The van der Waals surface area contributed by atoms with Gasteiger partial charge in [-0.25, -0.2) is 4.98 Å². The van der Waals surface area contributed by atoms with Gasteiger partial charge in [0.15, 0.2) is 5.82 Å². The van der Waals surface area contributed by atoms with Gasteiger partial charge in [-0.3, -0.25) is 4.98 Å². The fraction of sp³-hybridized carbons (Fsp3) is 0.231.